The molecular formula is C12H20NO2+. The minimum absolute atomic E-state index is 0.249. The van der Waals surface area contributed by atoms with Gasteiger partial charge in [0.05, 0.1) is 26.3 Å². The Bertz CT molecular complexity index is 276. The summed E-state index contributed by atoms with van der Waals surface area (Å²) in [5, 5.41) is 10.7. The summed E-state index contributed by atoms with van der Waals surface area (Å²) in [5.74, 6) is 0.942. The van der Waals surface area contributed by atoms with Crippen molar-refractivity contribution in [2.45, 2.75) is 13.3 Å². The molecule has 0 saturated carbocycles. The van der Waals surface area contributed by atoms with Crippen LogP contribution in [0.3, 0.4) is 0 Å². The van der Waals surface area contributed by atoms with Crippen LogP contribution in [-0.2, 0) is 0 Å². The van der Waals surface area contributed by atoms with Crippen LogP contribution in [0, 0.1) is 6.92 Å². The number of hydrogen-bond donors (Lipinski definition) is 2. The van der Waals surface area contributed by atoms with Gasteiger partial charge in [-0.1, -0.05) is 12.1 Å². The Morgan fingerprint density at radius 3 is 2.93 bits per heavy atom. The van der Waals surface area contributed by atoms with Gasteiger partial charge in [-0.25, -0.2) is 0 Å². The lowest BCUT2D eigenvalue weighted by molar-refractivity contribution is -0.656. The summed E-state index contributed by atoms with van der Waals surface area (Å²) in [7, 11) is 0. The molecular weight excluding hydrogens is 190 g/mol. The van der Waals surface area contributed by atoms with Crippen molar-refractivity contribution in [3.05, 3.63) is 29.8 Å². The van der Waals surface area contributed by atoms with Gasteiger partial charge >= 0.3 is 0 Å². The fourth-order valence-corrected chi connectivity index (χ4v) is 1.36. The van der Waals surface area contributed by atoms with Gasteiger partial charge in [0.1, 0.15) is 5.75 Å². The predicted molar refractivity (Wildman–Crippen MR) is 60.0 cm³/mol. The average Bonchev–Trinajstić information content (AvgIpc) is 2.23. The minimum atomic E-state index is 0.249. The molecule has 15 heavy (non-hydrogen) atoms. The van der Waals surface area contributed by atoms with E-state index in [9.17, 15) is 0 Å². The third-order valence-electron chi connectivity index (χ3n) is 2.14. The molecule has 3 nitrogen and oxygen atoms in total. The van der Waals surface area contributed by atoms with Crippen molar-refractivity contribution in [1.82, 2.24) is 0 Å². The van der Waals surface area contributed by atoms with Crippen LogP contribution in [0.25, 0.3) is 0 Å². The molecule has 3 heteroatoms. The van der Waals surface area contributed by atoms with E-state index in [4.69, 9.17) is 9.84 Å². The number of hydrogen-bond acceptors (Lipinski definition) is 2. The highest BCUT2D eigenvalue weighted by Gasteiger charge is 1.94. The largest absolute Gasteiger partial charge is 0.493 e. The van der Waals surface area contributed by atoms with Crippen molar-refractivity contribution in [2.24, 2.45) is 0 Å². The van der Waals surface area contributed by atoms with Gasteiger partial charge in [0.25, 0.3) is 0 Å². The zero-order valence-electron chi connectivity index (χ0n) is 9.28. The smallest absolute Gasteiger partial charge is 0.119 e. The van der Waals surface area contributed by atoms with E-state index in [0.29, 0.717) is 0 Å². The molecule has 0 aromatic heterocycles. The van der Waals surface area contributed by atoms with Gasteiger partial charge in [-0.05, 0) is 24.6 Å². The first-order valence-corrected chi connectivity index (χ1v) is 5.45. The molecule has 0 aliphatic heterocycles. The Hall–Kier alpha value is -1.06. The number of aliphatic hydroxyl groups excluding tert-OH is 1. The SMILES string of the molecule is Cc1cccc(OCCC[NH2+]CCO)c1. The second-order valence-corrected chi connectivity index (χ2v) is 3.61. The molecule has 3 N–H and O–H groups in total. The lowest BCUT2D eigenvalue weighted by atomic mass is 10.2. The first kappa shape index (κ1) is 12.0. The summed E-state index contributed by atoms with van der Waals surface area (Å²) in [6, 6.07) is 8.08. The van der Waals surface area contributed by atoms with Crippen LogP contribution in [0.5, 0.6) is 5.75 Å². The second-order valence-electron chi connectivity index (χ2n) is 3.61. The van der Waals surface area contributed by atoms with Crippen LogP contribution in [0.15, 0.2) is 24.3 Å². The van der Waals surface area contributed by atoms with Crippen LogP contribution >= 0.6 is 0 Å². The average molecular weight is 210 g/mol. The molecule has 0 aliphatic rings. The molecule has 0 heterocycles. The molecule has 0 unspecified atom stereocenters. The van der Waals surface area contributed by atoms with E-state index in [1.165, 1.54) is 5.56 Å². The molecule has 0 amide bonds. The van der Waals surface area contributed by atoms with Crippen LogP contribution in [-0.4, -0.2) is 31.4 Å². The molecule has 1 aromatic carbocycles. The van der Waals surface area contributed by atoms with Crippen LogP contribution in [0.4, 0.5) is 0 Å². The van der Waals surface area contributed by atoms with Gasteiger partial charge in [-0.3, -0.25) is 0 Å². The summed E-state index contributed by atoms with van der Waals surface area (Å²) in [4.78, 5) is 0. The normalized spacial score (nSPS) is 10.3. The van der Waals surface area contributed by atoms with E-state index >= 15 is 0 Å². The number of benzene rings is 1. The Kier molecular flexibility index (Phi) is 5.81. The lowest BCUT2D eigenvalue weighted by Crippen LogP contribution is -2.85. The maximum absolute atomic E-state index is 8.57. The highest BCUT2D eigenvalue weighted by Crippen LogP contribution is 2.11. The zero-order chi connectivity index (χ0) is 10.9. The maximum atomic E-state index is 8.57. The van der Waals surface area contributed by atoms with Crippen molar-refractivity contribution in [3.63, 3.8) is 0 Å². The molecule has 0 spiro atoms. The fraction of sp³-hybridized carbons (Fsp3) is 0.500. The molecule has 0 bridgehead atoms. The van der Waals surface area contributed by atoms with Crippen molar-refractivity contribution in [3.8, 4) is 5.75 Å². The molecule has 1 aromatic rings. The van der Waals surface area contributed by atoms with Gasteiger partial charge < -0.3 is 15.2 Å². The van der Waals surface area contributed by atoms with Crippen LogP contribution in [0.2, 0.25) is 0 Å². The first-order chi connectivity index (χ1) is 7.33. The van der Waals surface area contributed by atoms with E-state index in [0.717, 1.165) is 31.9 Å². The summed E-state index contributed by atoms with van der Waals surface area (Å²) in [6.07, 6.45) is 1.01. The monoisotopic (exact) mass is 210 g/mol. The van der Waals surface area contributed by atoms with Crippen LogP contribution < -0.4 is 10.1 Å². The van der Waals surface area contributed by atoms with Gasteiger partial charge in [-0.15, -0.1) is 0 Å². The van der Waals surface area contributed by atoms with Crippen molar-refractivity contribution in [2.75, 3.05) is 26.3 Å². The summed E-state index contributed by atoms with van der Waals surface area (Å²) >= 11 is 0. The van der Waals surface area contributed by atoms with Crippen molar-refractivity contribution >= 4 is 0 Å². The number of ether oxygens (including phenoxy) is 1. The molecule has 0 saturated heterocycles. The topological polar surface area (TPSA) is 46.1 Å². The Labute approximate surface area is 91.1 Å². The lowest BCUT2D eigenvalue weighted by Gasteiger charge is -2.05. The maximum Gasteiger partial charge on any atom is 0.119 e. The molecule has 1 rings (SSSR count). The molecule has 0 radical (unpaired) electrons. The fourth-order valence-electron chi connectivity index (χ4n) is 1.36. The summed E-state index contributed by atoms with van der Waals surface area (Å²) < 4.78 is 5.58. The molecule has 0 aliphatic carbocycles. The van der Waals surface area contributed by atoms with Gasteiger partial charge in [0.2, 0.25) is 0 Å². The number of nitrogens with two attached hydrogens (primary N) is 1. The molecule has 84 valence electrons. The number of rotatable bonds is 7. The van der Waals surface area contributed by atoms with E-state index in [-0.39, 0.29) is 6.61 Å². The standard InChI is InChI=1S/C12H19NO2/c1-11-4-2-5-12(10-11)15-9-3-6-13-7-8-14/h2,4-5,10,13-14H,3,6-9H2,1H3/p+1. The van der Waals surface area contributed by atoms with Gasteiger partial charge in [0, 0.05) is 6.42 Å². The van der Waals surface area contributed by atoms with Gasteiger partial charge in [0.15, 0.2) is 0 Å². The van der Waals surface area contributed by atoms with E-state index in [1.807, 2.05) is 18.2 Å². The summed E-state index contributed by atoms with van der Waals surface area (Å²) in [5.41, 5.74) is 1.22. The molecule has 0 fully saturated rings. The third-order valence-corrected chi connectivity index (χ3v) is 2.14. The highest BCUT2D eigenvalue weighted by molar-refractivity contribution is 5.27. The summed E-state index contributed by atoms with van der Waals surface area (Å²) in [6.45, 7) is 4.84. The number of aryl methyl sites for hydroxylation is 1. The molecule has 0 atom stereocenters. The Balaban J connectivity index is 2.10. The first-order valence-electron chi connectivity index (χ1n) is 5.45. The minimum Gasteiger partial charge on any atom is -0.493 e. The predicted octanol–water partition coefficient (Wildman–Crippen LogP) is 0.320. The van der Waals surface area contributed by atoms with Gasteiger partial charge in [-0.2, -0.15) is 0 Å². The van der Waals surface area contributed by atoms with E-state index in [1.54, 1.807) is 0 Å². The quantitative estimate of drug-likeness (QED) is 0.637. The van der Waals surface area contributed by atoms with Crippen molar-refractivity contribution < 1.29 is 15.2 Å². The highest BCUT2D eigenvalue weighted by atomic mass is 16.5. The second kappa shape index (κ2) is 7.26. The van der Waals surface area contributed by atoms with E-state index in [2.05, 4.69) is 18.3 Å². The van der Waals surface area contributed by atoms with Crippen molar-refractivity contribution in [1.29, 1.82) is 0 Å². The van der Waals surface area contributed by atoms with Crippen LogP contribution in [0.1, 0.15) is 12.0 Å². The van der Waals surface area contributed by atoms with E-state index < -0.39 is 0 Å². The number of aliphatic hydroxyl groups is 1. The zero-order valence-corrected chi connectivity index (χ0v) is 9.28. The third kappa shape index (κ3) is 5.40. The number of quaternary nitrogens is 1. The Morgan fingerprint density at radius 2 is 2.20 bits per heavy atom. The Morgan fingerprint density at radius 1 is 1.33 bits per heavy atom.